The van der Waals surface area contributed by atoms with Crippen LogP contribution in [-0.2, 0) is 44.4 Å². The van der Waals surface area contributed by atoms with Crippen molar-refractivity contribution in [3.8, 4) is 5.75 Å². The Balaban J connectivity index is 1.22. The van der Waals surface area contributed by atoms with Crippen molar-refractivity contribution in [1.82, 2.24) is 0 Å². The van der Waals surface area contributed by atoms with Crippen LogP contribution >= 0.6 is 0 Å². The number of Topliss-reactive ketones (excluding diaryl/α,β-unsaturated/α-hetero) is 3. The highest BCUT2D eigenvalue weighted by molar-refractivity contribution is 6.29. The molecule has 332 valence electrons. The minimum absolute atomic E-state index is 0.0173. The number of phenols is 1. The smallest absolute Gasteiger partial charge is 0.333 e. The number of nitrogens with one attached hydrogen (secondary N) is 1. The van der Waals surface area contributed by atoms with E-state index in [1.807, 2.05) is 13.0 Å². The van der Waals surface area contributed by atoms with E-state index < -0.39 is 129 Å². The number of rotatable bonds is 11. The van der Waals surface area contributed by atoms with Crippen LogP contribution in [0.15, 0.2) is 34.8 Å². The van der Waals surface area contributed by atoms with Crippen molar-refractivity contribution in [3.63, 3.8) is 0 Å². The van der Waals surface area contributed by atoms with E-state index in [0.29, 0.717) is 5.57 Å². The molecule has 0 bridgehead atoms. The molecule has 2 saturated heterocycles. The summed E-state index contributed by atoms with van der Waals surface area (Å²) in [5.41, 5.74) is -10.7. The lowest BCUT2D eigenvalue weighted by Crippen LogP contribution is -2.74. The van der Waals surface area contributed by atoms with Crippen LogP contribution < -0.4 is 0 Å². The summed E-state index contributed by atoms with van der Waals surface area (Å²) >= 11 is 0. The fourth-order valence-electron chi connectivity index (χ4n) is 9.40. The van der Waals surface area contributed by atoms with Crippen LogP contribution in [0.25, 0.3) is 0 Å². The van der Waals surface area contributed by atoms with Gasteiger partial charge in [-0.25, -0.2) is 4.79 Å². The molecule has 1 aromatic rings. The van der Waals surface area contributed by atoms with Gasteiger partial charge in [0.15, 0.2) is 42.1 Å². The molecule has 6 N–H and O–H groups in total. The number of carbonyl (C=O) groups is 5. The molecule has 0 amide bonds. The summed E-state index contributed by atoms with van der Waals surface area (Å²) in [7, 11) is 1.16. The van der Waals surface area contributed by atoms with Crippen molar-refractivity contribution >= 4 is 34.8 Å². The van der Waals surface area contributed by atoms with Gasteiger partial charge in [0, 0.05) is 42.2 Å². The molecule has 17 heteroatoms. The third kappa shape index (κ3) is 7.57. The maximum Gasteiger partial charge on any atom is 0.333 e. The molecule has 0 saturated carbocycles. The number of allylic oxidation sites excluding steroid dienone is 3. The first kappa shape index (κ1) is 45.9. The highest BCUT2D eigenvalue weighted by Crippen LogP contribution is 2.52. The van der Waals surface area contributed by atoms with Crippen LogP contribution in [0.4, 0.5) is 0 Å². The third-order valence-electron chi connectivity index (χ3n) is 12.5. The number of phenolic OH excluding ortho intramolecular Hbond substituents is 1. The van der Waals surface area contributed by atoms with Crippen LogP contribution in [0.3, 0.4) is 0 Å². The molecule has 1 unspecified atom stereocenters. The van der Waals surface area contributed by atoms with Crippen LogP contribution in [-0.4, -0.2) is 127 Å². The molecule has 1 aromatic carbocycles. The number of ketones is 4. The Hall–Kier alpha value is -4.62. The van der Waals surface area contributed by atoms with Crippen LogP contribution in [0.1, 0.15) is 123 Å². The highest BCUT2D eigenvalue weighted by atomic mass is 16.7. The fourth-order valence-corrected chi connectivity index (χ4v) is 9.40. The molecule has 11 atom stereocenters. The predicted molar refractivity (Wildman–Crippen MR) is 213 cm³/mol. The SMILES string of the molecule is CCCC(C)/C=C(/C)C(=O)O[C@@H]1[C@H](C)O[C@@H](O[C@H]2CC[C@H](O[C@@H]3C(=O)C(C(C)=N)=C(O)[C@@]4(O)C(=O)c5c(O)c6c(c(C)c5C[C@@]34O)C(=O)C(OC)=CC6=O)O[C@@H]2C)C[C@@]1(C)O. The monoisotopic (exact) mass is 853 g/mol. The lowest BCUT2D eigenvalue weighted by molar-refractivity contribution is -0.316. The Kier molecular flexibility index (Phi) is 12.5. The molecule has 6 rings (SSSR count). The molecule has 2 fully saturated rings. The average Bonchev–Trinajstić information content (AvgIpc) is 3.17. The number of benzene rings is 1. The Labute approximate surface area is 352 Å². The maximum absolute atomic E-state index is 14.4. The number of aromatic hydroxyl groups is 1. The third-order valence-corrected chi connectivity index (χ3v) is 12.5. The minimum Gasteiger partial charge on any atom is -0.508 e. The Morgan fingerprint density at radius 2 is 1.66 bits per heavy atom. The zero-order valence-electron chi connectivity index (χ0n) is 35.7. The number of carbonyl (C=O) groups excluding carboxylic acids is 5. The first-order valence-electron chi connectivity index (χ1n) is 20.4. The zero-order chi connectivity index (χ0) is 45.3. The van der Waals surface area contributed by atoms with E-state index in [1.54, 1.807) is 20.8 Å². The number of fused-ring (bicyclic) bond motifs is 3. The van der Waals surface area contributed by atoms with E-state index >= 15 is 0 Å². The molecule has 0 aromatic heterocycles. The maximum atomic E-state index is 14.4. The molecular weight excluding hydrogens is 798 g/mol. The van der Waals surface area contributed by atoms with Gasteiger partial charge in [-0.05, 0) is 71.4 Å². The molecule has 0 spiro atoms. The van der Waals surface area contributed by atoms with Gasteiger partial charge in [-0.2, -0.15) is 0 Å². The molecule has 2 heterocycles. The topological polar surface area (TPSA) is 266 Å². The quantitative estimate of drug-likeness (QED) is 0.105. The van der Waals surface area contributed by atoms with Gasteiger partial charge in [0.25, 0.3) is 0 Å². The summed E-state index contributed by atoms with van der Waals surface area (Å²) in [4.78, 5) is 68.1. The predicted octanol–water partition coefficient (Wildman–Crippen LogP) is 3.72. The van der Waals surface area contributed by atoms with E-state index in [1.165, 1.54) is 13.8 Å². The number of aliphatic hydroxyl groups is 4. The summed E-state index contributed by atoms with van der Waals surface area (Å²) in [5, 5.41) is 67.3. The van der Waals surface area contributed by atoms with Gasteiger partial charge in [0.05, 0.1) is 42.1 Å². The van der Waals surface area contributed by atoms with E-state index in [4.69, 9.17) is 33.8 Å². The van der Waals surface area contributed by atoms with Crippen molar-refractivity contribution < 1.29 is 77.9 Å². The summed E-state index contributed by atoms with van der Waals surface area (Å²) in [6.45, 7) is 13.0. The highest BCUT2D eigenvalue weighted by Gasteiger charge is 2.71. The standard InChI is InChI=1S/C44H55NO16/c1-10-11-18(2)14-19(3)41(52)61-39-23(7)58-29(17-42(39,8)53)59-26-12-13-28(57-22(26)6)60-40-36(49)31(21(5)45)37(50)44(55)38(51)32-24(16-43(40,44)54)20(4)30-33(35(32)48)25(46)15-27(56-9)34(30)47/h14-15,18,22-23,26,28-29,39-40,45,48,50,53-55H,10-13,16-17H2,1-9H3/b19-14-,45-21?/t18?,22-,23+,26+,28+,29+,39-,40-,42-,43-,44-/m1/s1. The number of hydrogen-bond acceptors (Lipinski definition) is 17. The van der Waals surface area contributed by atoms with Crippen molar-refractivity contribution in [2.75, 3.05) is 7.11 Å². The number of aliphatic hydroxyl groups excluding tert-OH is 1. The molecular formula is C44H55NO16. The number of ether oxygens (including phenoxy) is 6. The summed E-state index contributed by atoms with van der Waals surface area (Å²) < 4.78 is 35.4. The Morgan fingerprint density at radius 1 is 1.00 bits per heavy atom. The van der Waals surface area contributed by atoms with Crippen molar-refractivity contribution in [2.24, 2.45) is 5.92 Å². The van der Waals surface area contributed by atoms with Crippen molar-refractivity contribution in [1.29, 1.82) is 5.41 Å². The molecule has 61 heavy (non-hydrogen) atoms. The fraction of sp³-hybridized carbons (Fsp3) is 0.591. The normalized spacial score (nSPS) is 34.6. The van der Waals surface area contributed by atoms with Crippen LogP contribution in [0.2, 0.25) is 0 Å². The lowest BCUT2D eigenvalue weighted by atomic mass is 9.58. The van der Waals surface area contributed by atoms with E-state index in [2.05, 4.69) is 6.92 Å². The van der Waals surface area contributed by atoms with Crippen LogP contribution in [0, 0.1) is 18.3 Å². The second-order valence-electron chi connectivity index (χ2n) is 17.1. The van der Waals surface area contributed by atoms with Gasteiger partial charge in [-0.3, -0.25) is 19.2 Å². The van der Waals surface area contributed by atoms with E-state index in [9.17, 15) is 49.5 Å². The van der Waals surface area contributed by atoms with Gasteiger partial charge in [0.2, 0.25) is 17.2 Å². The number of methoxy groups -OCH3 is 1. The molecule has 0 radical (unpaired) electrons. The van der Waals surface area contributed by atoms with Gasteiger partial charge in [0.1, 0.15) is 22.7 Å². The van der Waals surface area contributed by atoms with Gasteiger partial charge in [-0.1, -0.05) is 26.3 Å². The molecule has 5 aliphatic rings. The number of esters is 1. The van der Waals surface area contributed by atoms with Crippen molar-refractivity contribution in [3.05, 3.63) is 62.6 Å². The number of hydrogen-bond donors (Lipinski definition) is 6. The minimum atomic E-state index is -3.39. The largest absolute Gasteiger partial charge is 0.508 e. The second-order valence-corrected chi connectivity index (χ2v) is 17.1. The zero-order valence-corrected chi connectivity index (χ0v) is 35.7. The second kappa shape index (κ2) is 16.6. The van der Waals surface area contributed by atoms with Gasteiger partial charge >= 0.3 is 5.97 Å². The van der Waals surface area contributed by atoms with E-state index in [-0.39, 0.29) is 47.6 Å². The molecule has 3 aliphatic carbocycles. The average molecular weight is 854 g/mol. The summed E-state index contributed by atoms with van der Waals surface area (Å²) in [5.74, 6) is -7.41. The molecule has 2 aliphatic heterocycles. The van der Waals surface area contributed by atoms with Crippen molar-refractivity contribution in [2.45, 2.75) is 154 Å². The Morgan fingerprint density at radius 3 is 2.25 bits per heavy atom. The molecule has 17 nitrogen and oxygen atoms in total. The van der Waals surface area contributed by atoms with Gasteiger partial charge in [-0.15, -0.1) is 0 Å². The summed E-state index contributed by atoms with van der Waals surface area (Å²) in [6, 6.07) is 0. The lowest BCUT2D eigenvalue weighted by Gasteiger charge is -2.52. The van der Waals surface area contributed by atoms with Crippen LogP contribution in [0.5, 0.6) is 5.75 Å². The van der Waals surface area contributed by atoms with Gasteiger partial charge < -0.3 is 59.4 Å². The first-order valence-corrected chi connectivity index (χ1v) is 20.4. The first-order chi connectivity index (χ1) is 28.4. The Bertz CT molecular complexity index is 2170. The van der Waals surface area contributed by atoms with E-state index in [0.717, 1.165) is 33.0 Å². The summed E-state index contributed by atoms with van der Waals surface area (Å²) in [6.07, 6.45) is -3.74.